The number of nitrogens with one attached hydrogen (secondary N) is 2. The minimum Gasteiger partial charge on any atom is -0.491 e. The largest absolute Gasteiger partial charge is 0.491 e. The second kappa shape index (κ2) is 7.46. The Kier molecular flexibility index (Phi) is 5.62. The van der Waals surface area contributed by atoms with Gasteiger partial charge in [0.2, 0.25) is 5.91 Å². The van der Waals surface area contributed by atoms with E-state index in [0.29, 0.717) is 0 Å². The summed E-state index contributed by atoms with van der Waals surface area (Å²) >= 11 is 0. The predicted molar refractivity (Wildman–Crippen MR) is 84.4 cm³/mol. The molecule has 1 aromatic carbocycles. The zero-order valence-corrected chi connectivity index (χ0v) is 13.2. The highest BCUT2D eigenvalue weighted by Gasteiger charge is 2.22. The Balaban J connectivity index is 1.95. The number of hydrogen-bond donors (Lipinski definition) is 2. The van der Waals surface area contributed by atoms with Crippen LogP contribution in [0.1, 0.15) is 51.6 Å². The molecule has 2 N–H and O–H groups in total. The number of rotatable bonds is 5. The van der Waals surface area contributed by atoms with E-state index in [-0.39, 0.29) is 24.1 Å². The summed E-state index contributed by atoms with van der Waals surface area (Å²) < 4.78 is 5.70. The average Bonchev–Trinajstić information content (AvgIpc) is 2.47. The molecule has 116 valence electrons. The van der Waals surface area contributed by atoms with E-state index in [1.54, 1.807) is 0 Å². The van der Waals surface area contributed by atoms with E-state index >= 15 is 0 Å². The Hall–Kier alpha value is -1.55. The molecule has 0 saturated carbocycles. The van der Waals surface area contributed by atoms with Gasteiger partial charge in [-0.2, -0.15) is 0 Å². The lowest BCUT2D eigenvalue weighted by molar-refractivity contribution is -0.124. The van der Waals surface area contributed by atoms with Crippen molar-refractivity contribution in [3.63, 3.8) is 0 Å². The summed E-state index contributed by atoms with van der Waals surface area (Å²) in [6.45, 7) is 6.96. The maximum atomic E-state index is 12.2. The van der Waals surface area contributed by atoms with E-state index in [1.165, 1.54) is 0 Å². The van der Waals surface area contributed by atoms with Gasteiger partial charge in [-0.15, -0.1) is 0 Å². The predicted octanol–water partition coefficient (Wildman–Crippen LogP) is 2.79. The Morgan fingerprint density at radius 1 is 1.33 bits per heavy atom. The van der Waals surface area contributed by atoms with Crippen LogP contribution >= 0.6 is 0 Å². The number of benzene rings is 1. The molecule has 0 aromatic heterocycles. The Bertz CT molecular complexity index is 468. The van der Waals surface area contributed by atoms with Crippen molar-refractivity contribution >= 4 is 5.91 Å². The molecule has 0 spiro atoms. The van der Waals surface area contributed by atoms with Crippen LogP contribution in [-0.4, -0.2) is 24.6 Å². The van der Waals surface area contributed by atoms with Crippen LogP contribution in [0.4, 0.5) is 0 Å². The fourth-order valence-electron chi connectivity index (χ4n) is 2.60. The van der Waals surface area contributed by atoms with E-state index in [2.05, 4.69) is 10.6 Å². The molecule has 1 aromatic rings. The summed E-state index contributed by atoms with van der Waals surface area (Å²) in [6, 6.07) is 7.87. The van der Waals surface area contributed by atoms with Crippen molar-refractivity contribution in [1.29, 1.82) is 0 Å². The SMILES string of the molecule is CC(C)Oc1cccc(C(C)NC(=O)[C@@H]2CCCCN2)c1. The molecule has 4 nitrogen and oxygen atoms in total. The van der Waals surface area contributed by atoms with Gasteiger partial charge in [0.15, 0.2) is 0 Å². The summed E-state index contributed by atoms with van der Waals surface area (Å²) in [5.74, 6) is 0.941. The second-order valence-electron chi connectivity index (χ2n) is 5.97. The quantitative estimate of drug-likeness (QED) is 0.876. The van der Waals surface area contributed by atoms with Gasteiger partial charge in [-0.05, 0) is 57.9 Å². The molecule has 1 aliphatic rings. The lowest BCUT2D eigenvalue weighted by atomic mass is 10.0. The van der Waals surface area contributed by atoms with Crippen molar-refractivity contribution in [2.75, 3.05) is 6.54 Å². The van der Waals surface area contributed by atoms with E-state index in [9.17, 15) is 4.79 Å². The number of carbonyl (C=O) groups is 1. The van der Waals surface area contributed by atoms with Crippen molar-refractivity contribution in [3.05, 3.63) is 29.8 Å². The highest BCUT2D eigenvalue weighted by atomic mass is 16.5. The molecule has 1 heterocycles. The number of ether oxygens (including phenoxy) is 1. The van der Waals surface area contributed by atoms with Crippen LogP contribution in [0.2, 0.25) is 0 Å². The fraction of sp³-hybridized carbons (Fsp3) is 0.588. The fourth-order valence-corrected chi connectivity index (χ4v) is 2.60. The van der Waals surface area contributed by atoms with Crippen LogP contribution in [0.15, 0.2) is 24.3 Å². The number of hydrogen-bond acceptors (Lipinski definition) is 3. The zero-order chi connectivity index (χ0) is 15.2. The molecule has 1 amide bonds. The molecule has 2 atom stereocenters. The van der Waals surface area contributed by atoms with Gasteiger partial charge in [-0.3, -0.25) is 4.79 Å². The first-order valence-corrected chi connectivity index (χ1v) is 7.86. The van der Waals surface area contributed by atoms with Crippen LogP contribution in [0, 0.1) is 0 Å². The minimum absolute atomic E-state index is 0.0167. The van der Waals surface area contributed by atoms with Crippen molar-refractivity contribution in [2.45, 2.75) is 58.2 Å². The molecule has 2 rings (SSSR count). The highest BCUT2D eigenvalue weighted by Crippen LogP contribution is 2.20. The lowest BCUT2D eigenvalue weighted by Gasteiger charge is -2.25. The van der Waals surface area contributed by atoms with Crippen LogP contribution in [0.3, 0.4) is 0 Å². The first kappa shape index (κ1) is 15.8. The molecule has 0 bridgehead atoms. The van der Waals surface area contributed by atoms with E-state index in [0.717, 1.165) is 37.1 Å². The van der Waals surface area contributed by atoms with Crippen molar-refractivity contribution in [1.82, 2.24) is 10.6 Å². The summed E-state index contributed by atoms with van der Waals surface area (Å²) in [7, 11) is 0. The summed E-state index contributed by atoms with van der Waals surface area (Å²) in [6.07, 6.45) is 3.36. The summed E-state index contributed by atoms with van der Waals surface area (Å²) in [5.41, 5.74) is 1.07. The van der Waals surface area contributed by atoms with Crippen molar-refractivity contribution in [2.24, 2.45) is 0 Å². The van der Waals surface area contributed by atoms with Crippen molar-refractivity contribution < 1.29 is 9.53 Å². The maximum absolute atomic E-state index is 12.2. The molecular formula is C17H26N2O2. The molecular weight excluding hydrogens is 264 g/mol. The Labute approximate surface area is 127 Å². The van der Waals surface area contributed by atoms with Gasteiger partial charge >= 0.3 is 0 Å². The molecule has 4 heteroatoms. The van der Waals surface area contributed by atoms with Crippen LogP contribution in [0.25, 0.3) is 0 Å². The van der Waals surface area contributed by atoms with Gasteiger partial charge in [-0.25, -0.2) is 0 Å². The first-order chi connectivity index (χ1) is 10.1. The highest BCUT2D eigenvalue weighted by molar-refractivity contribution is 5.82. The maximum Gasteiger partial charge on any atom is 0.237 e. The van der Waals surface area contributed by atoms with E-state index in [4.69, 9.17) is 4.74 Å². The third kappa shape index (κ3) is 4.74. The van der Waals surface area contributed by atoms with E-state index < -0.39 is 0 Å². The summed E-state index contributed by atoms with van der Waals surface area (Å²) in [4.78, 5) is 12.2. The monoisotopic (exact) mass is 290 g/mol. The summed E-state index contributed by atoms with van der Waals surface area (Å²) in [5, 5.41) is 6.37. The number of amides is 1. The molecule has 1 unspecified atom stereocenters. The van der Waals surface area contributed by atoms with Gasteiger partial charge in [0.25, 0.3) is 0 Å². The molecule has 1 fully saturated rings. The van der Waals surface area contributed by atoms with Gasteiger partial charge in [0.1, 0.15) is 5.75 Å². The van der Waals surface area contributed by atoms with Crippen molar-refractivity contribution in [3.8, 4) is 5.75 Å². The topological polar surface area (TPSA) is 50.4 Å². The van der Waals surface area contributed by atoms with Gasteiger partial charge in [0, 0.05) is 0 Å². The second-order valence-corrected chi connectivity index (χ2v) is 5.97. The molecule has 0 aliphatic carbocycles. The van der Waals surface area contributed by atoms with Crippen LogP contribution in [-0.2, 0) is 4.79 Å². The molecule has 21 heavy (non-hydrogen) atoms. The molecule has 1 aliphatic heterocycles. The third-order valence-electron chi connectivity index (χ3n) is 3.72. The zero-order valence-electron chi connectivity index (χ0n) is 13.2. The third-order valence-corrected chi connectivity index (χ3v) is 3.72. The lowest BCUT2D eigenvalue weighted by Crippen LogP contribution is -2.47. The average molecular weight is 290 g/mol. The molecule has 1 saturated heterocycles. The van der Waals surface area contributed by atoms with Gasteiger partial charge < -0.3 is 15.4 Å². The first-order valence-electron chi connectivity index (χ1n) is 7.86. The normalized spacial score (nSPS) is 20.1. The number of carbonyl (C=O) groups excluding carboxylic acids is 1. The van der Waals surface area contributed by atoms with Crippen LogP contribution in [0.5, 0.6) is 5.75 Å². The van der Waals surface area contributed by atoms with Gasteiger partial charge in [-0.1, -0.05) is 18.6 Å². The minimum atomic E-state index is -0.0451. The van der Waals surface area contributed by atoms with Gasteiger partial charge in [0.05, 0.1) is 18.2 Å². The Morgan fingerprint density at radius 2 is 2.14 bits per heavy atom. The number of piperidine rings is 1. The Morgan fingerprint density at radius 3 is 2.81 bits per heavy atom. The van der Waals surface area contributed by atoms with E-state index in [1.807, 2.05) is 45.0 Å². The smallest absolute Gasteiger partial charge is 0.237 e. The van der Waals surface area contributed by atoms with Crippen LogP contribution < -0.4 is 15.4 Å². The molecule has 0 radical (unpaired) electrons. The standard InChI is InChI=1S/C17H26N2O2/c1-12(2)21-15-8-6-7-14(11-15)13(3)19-17(20)16-9-4-5-10-18-16/h6-8,11-13,16,18H,4-5,9-10H2,1-3H3,(H,19,20)/t13?,16-/m0/s1.